The Kier molecular flexibility index (Phi) is 4.99. The Morgan fingerprint density at radius 2 is 2.08 bits per heavy atom. The Labute approximate surface area is 141 Å². The van der Waals surface area contributed by atoms with Gasteiger partial charge >= 0.3 is 0 Å². The molecule has 0 radical (unpaired) electrons. The maximum atomic E-state index is 9.75. The standard InChI is InChI=1S/C19H20N2O3/c1-23-18-11-15(7-8-17(18)22)16(12-20)21-9-10-24-19(13-21)14-5-3-2-4-6-14/h2-8,11,16,19,22H,9-10,13H2,1H3. The van der Waals surface area contributed by atoms with Crippen molar-refractivity contribution >= 4 is 0 Å². The molecule has 1 N–H and O–H groups in total. The minimum atomic E-state index is -0.408. The molecule has 5 nitrogen and oxygen atoms in total. The monoisotopic (exact) mass is 324 g/mol. The SMILES string of the molecule is COc1cc(C(C#N)N2CCOC(c3ccccc3)C2)ccc1O. The number of aromatic hydroxyl groups is 1. The summed E-state index contributed by atoms with van der Waals surface area (Å²) in [5.41, 5.74) is 1.92. The normalized spacial score (nSPS) is 19.4. The molecular formula is C19H20N2O3. The molecule has 0 aromatic heterocycles. The first kappa shape index (κ1) is 16.3. The topological polar surface area (TPSA) is 65.7 Å². The minimum Gasteiger partial charge on any atom is -0.504 e. The first-order chi connectivity index (χ1) is 11.7. The molecule has 0 amide bonds. The van der Waals surface area contributed by atoms with Crippen LogP contribution in [-0.2, 0) is 4.74 Å². The van der Waals surface area contributed by atoms with Crippen molar-refractivity contribution in [1.29, 1.82) is 5.26 Å². The zero-order valence-electron chi connectivity index (χ0n) is 13.6. The average molecular weight is 324 g/mol. The van der Waals surface area contributed by atoms with Gasteiger partial charge in [0.05, 0.1) is 25.9 Å². The van der Waals surface area contributed by atoms with Gasteiger partial charge in [0, 0.05) is 13.1 Å². The van der Waals surface area contributed by atoms with Crippen LogP contribution in [0.1, 0.15) is 23.3 Å². The molecule has 2 aromatic carbocycles. The fraction of sp³-hybridized carbons (Fsp3) is 0.316. The number of methoxy groups -OCH3 is 1. The summed E-state index contributed by atoms with van der Waals surface area (Å²) < 4.78 is 11.0. The molecule has 1 aliphatic rings. The van der Waals surface area contributed by atoms with Crippen molar-refractivity contribution in [2.75, 3.05) is 26.8 Å². The molecule has 124 valence electrons. The van der Waals surface area contributed by atoms with Crippen molar-refractivity contribution in [3.63, 3.8) is 0 Å². The van der Waals surface area contributed by atoms with Crippen molar-refractivity contribution < 1.29 is 14.6 Å². The lowest BCUT2D eigenvalue weighted by atomic mass is 10.0. The molecule has 0 aliphatic carbocycles. The van der Waals surface area contributed by atoms with E-state index in [0.29, 0.717) is 25.4 Å². The van der Waals surface area contributed by atoms with Gasteiger partial charge in [-0.3, -0.25) is 4.90 Å². The van der Waals surface area contributed by atoms with Crippen LogP contribution in [0.15, 0.2) is 48.5 Å². The number of nitrogens with zero attached hydrogens (tertiary/aromatic N) is 2. The van der Waals surface area contributed by atoms with E-state index in [1.54, 1.807) is 18.2 Å². The summed E-state index contributed by atoms with van der Waals surface area (Å²) in [6, 6.07) is 17.0. The summed E-state index contributed by atoms with van der Waals surface area (Å²) in [6.07, 6.45) is -0.0465. The second-order valence-corrected chi connectivity index (χ2v) is 5.73. The lowest BCUT2D eigenvalue weighted by molar-refractivity contribution is -0.0383. The molecule has 0 saturated carbocycles. The smallest absolute Gasteiger partial charge is 0.160 e. The Morgan fingerprint density at radius 1 is 1.29 bits per heavy atom. The van der Waals surface area contributed by atoms with Gasteiger partial charge in [0.1, 0.15) is 6.04 Å². The van der Waals surface area contributed by atoms with Gasteiger partial charge in [0.25, 0.3) is 0 Å². The quantitative estimate of drug-likeness (QED) is 0.936. The predicted molar refractivity (Wildman–Crippen MR) is 89.7 cm³/mol. The van der Waals surface area contributed by atoms with E-state index in [9.17, 15) is 10.4 Å². The molecule has 2 aromatic rings. The summed E-state index contributed by atoms with van der Waals surface area (Å²) in [5.74, 6) is 0.447. The first-order valence-electron chi connectivity index (χ1n) is 7.90. The molecule has 1 aliphatic heterocycles. The molecule has 2 unspecified atom stereocenters. The van der Waals surface area contributed by atoms with Gasteiger partial charge in [-0.2, -0.15) is 5.26 Å². The maximum absolute atomic E-state index is 9.75. The number of ether oxygens (including phenoxy) is 2. The Morgan fingerprint density at radius 3 is 2.79 bits per heavy atom. The Balaban J connectivity index is 1.82. The van der Waals surface area contributed by atoms with Gasteiger partial charge in [0.15, 0.2) is 11.5 Å². The molecule has 3 rings (SSSR count). The first-order valence-corrected chi connectivity index (χ1v) is 7.90. The van der Waals surface area contributed by atoms with E-state index >= 15 is 0 Å². The summed E-state index contributed by atoms with van der Waals surface area (Å²) in [5, 5.41) is 19.4. The van der Waals surface area contributed by atoms with Crippen LogP contribution in [0, 0.1) is 11.3 Å². The third-order valence-corrected chi connectivity index (χ3v) is 4.28. The molecule has 1 fully saturated rings. The van der Waals surface area contributed by atoms with Crippen molar-refractivity contribution in [1.82, 2.24) is 4.90 Å². The van der Waals surface area contributed by atoms with Crippen LogP contribution in [0.3, 0.4) is 0 Å². The summed E-state index contributed by atoms with van der Waals surface area (Å²) in [7, 11) is 1.50. The Hall–Kier alpha value is -2.55. The molecule has 5 heteroatoms. The number of phenolic OH excluding ortho intramolecular Hbond substituents is 1. The van der Waals surface area contributed by atoms with Crippen molar-refractivity contribution in [2.24, 2.45) is 0 Å². The van der Waals surface area contributed by atoms with E-state index in [-0.39, 0.29) is 11.9 Å². The highest BCUT2D eigenvalue weighted by molar-refractivity contribution is 5.43. The number of hydrogen-bond donors (Lipinski definition) is 1. The van der Waals surface area contributed by atoms with Gasteiger partial charge in [-0.15, -0.1) is 0 Å². The Bertz CT molecular complexity index is 727. The molecule has 1 heterocycles. The number of rotatable bonds is 4. The van der Waals surface area contributed by atoms with E-state index in [2.05, 4.69) is 11.0 Å². The highest BCUT2D eigenvalue weighted by atomic mass is 16.5. The molecule has 0 spiro atoms. The van der Waals surface area contributed by atoms with Crippen molar-refractivity contribution in [3.8, 4) is 17.6 Å². The maximum Gasteiger partial charge on any atom is 0.160 e. The summed E-state index contributed by atoms with van der Waals surface area (Å²) in [4.78, 5) is 2.10. The van der Waals surface area contributed by atoms with Gasteiger partial charge in [-0.05, 0) is 23.3 Å². The van der Waals surface area contributed by atoms with E-state index in [0.717, 1.165) is 11.1 Å². The fourth-order valence-electron chi connectivity index (χ4n) is 3.00. The molecule has 24 heavy (non-hydrogen) atoms. The van der Waals surface area contributed by atoms with E-state index in [1.165, 1.54) is 7.11 Å². The van der Waals surface area contributed by atoms with Gasteiger partial charge in [-0.1, -0.05) is 36.4 Å². The van der Waals surface area contributed by atoms with E-state index in [4.69, 9.17) is 9.47 Å². The number of phenols is 1. The van der Waals surface area contributed by atoms with Crippen LogP contribution in [0.4, 0.5) is 0 Å². The highest BCUT2D eigenvalue weighted by Gasteiger charge is 2.28. The number of nitriles is 1. The third-order valence-electron chi connectivity index (χ3n) is 4.28. The number of benzene rings is 2. The van der Waals surface area contributed by atoms with Gasteiger partial charge in [0.2, 0.25) is 0 Å². The summed E-state index contributed by atoms with van der Waals surface area (Å²) in [6.45, 7) is 1.91. The summed E-state index contributed by atoms with van der Waals surface area (Å²) >= 11 is 0. The largest absolute Gasteiger partial charge is 0.504 e. The predicted octanol–water partition coefficient (Wildman–Crippen LogP) is 3.04. The van der Waals surface area contributed by atoms with E-state index in [1.807, 2.05) is 30.3 Å². The van der Waals surface area contributed by atoms with Crippen LogP contribution < -0.4 is 4.74 Å². The van der Waals surface area contributed by atoms with Gasteiger partial charge in [-0.25, -0.2) is 0 Å². The lowest BCUT2D eigenvalue weighted by Gasteiger charge is -2.36. The van der Waals surface area contributed by atoms with Gasteiger partial charge < -0.3 is 14.6 Å². The molecule has 2 atom stereocenters. The zero-order chi connectivity index (χ0) is 16.9. The minimum absolute atomic E-state index is 0.0465. The zero-order valence-corrected chi connectivity index (χ0v) is 13.6. The van der Waals surface area contributed by atoms with Crippen LogP contribution in [-0.4, -0.2) is 36.8 Å². The molecular weight excluding hydrogens is 304 g/mol. The second kappa shape index (κ2) is 7.35. The van der Waals surface area contributed by atoms with Crippen LogP contribution in [0.5, 0.6) is 11.5 Å². The van der Waals surface area contributed by atoms with Crippen LogP contribution >= 0.6 is 0 Å². The van der Waals surface area contributed by atoms with Crippen LogP contribution in [0.25, 0.3) is 0 Å². The van der Waals surface area contributed by atoms with Crippen molar-refractivity contribution in [2.45, 2.75) is 12.1 Å². The number of morpholine rings is 1. The fourth-order valence-corrected chi connectivity index (χ4v) is 3.00. The van der Waals surface area contributed by atoms with Crippen molar-refractivity contribution in [3.05, 3.63) is 59.7 Å². The molecule has 1 saturated heterocycles. The highest BCUT2D eigenvalue weighted by Crippen LogP contribution is 2.33. The third kappa shape index (κ3) is 3.35. The molecule has 0 bridgehead atoms. The second-order valence-electron chi connectivity index (χ2n) is 5.73. The lowest BCUT2D eigenvalue weighted by Crippen LogP contribution is -2.40. The van der Waals surface area contributed by atoms with E-state index < -0.39 is 6.04 Å². The number of hydrogen-bond acceptors (Lipinski definition) is 5. The average Bonchev–Trinajstić information content (AvgIpc) is 2.64. The van der Waals surface area contributed by atoms with Crippen LogP contribution in [0.2, 0.25) is 0 Å².